The van der Waals surface area contributed by atoms with Crippen LogP contribution in [0.5, 0.6) is 11.5 Å². The molecule has 6 nitrogen and oxygen atoms in total. The van der Waals surface area contributed by atoms with Crippen molar-refractivity contribution in [2.24, 2.45) is 0 Å². The molecule has 0 heterocycles. The Kier molecular flexibility index (Phi) is 4.33. The third-order valence-electron chi connectivity index (χ3n) is 1.96. The van der Waals surface area contributed by atoms with Crippen LogP contribution in [0.3, 0.4) is 0 Å². The van der Waals surface area contributed by atoms with Gasteiger partial charge in [0.2, 0.25) is 0 Å². The molecule has 0 aliphatic rings. The molecule has 0 aliphatic carbocycles. The molecule has 0 bridgehead atoms. The monoisotopic (exact) mass is 240 g/mol. The minimum atomic E-state index is -1.22. The molecule has 1 aromatic carbocycles. The molecule has 0 radical (unpaired) electrons. The lowest BCUT2D eigenvalue weighted by molar-refractivity contribution is -0.140. The zero-order valence-corrected chi connectivity index (χ0v) is 9.43. The maximum absolute atomic E-state index is 11.5. The standard InChI is InChI=1S/C11H12O6/c1-15-7-3-4-8(9(5-7)16-2)11(14)17-6-10(12)13/h3-5H,6H2,1-2H3,(H,12,13). The predicted octanol–water partition coefficient (Wildman–Crippen LogP) is 0.945. The highest BCUT2D eigenvalue weighted by atomic mass is 16.6. The second kappa shape index (κ2) is 5.74. The lowest BCUT2D eigenvalue weighted by atomic mass is 10.2. The van der Waals surface area contributed by atoms with Crippen LogP contribution < -0.4 is 9.47 Å². The molecule has 0 saturated heterocycles. The number of ether oxygens (including phenoxy) is 3. The summed E-state index contributed by atoms with van der Waals surface area (Å²) >= 11 is 0. The Morgan fingerprint density at radius 1 is 1.24 bits per heavy atom. The third-order valence-corrected chi connectivity index (χ3v) is 1.96. The molecule has 17 heavy (non-hydrogen) atoms. The summed E-state index contributed by atoms with van der Waals surface area (Å²) in [5, 5.41) is 8.39. The summed E-state index contributed by atoms with van der Waals surface area (Å²) < 4.78 is 14.5. The van der Waals surface area contributed by atoms with Crippen molar-refractivity contribution in [2.45, 2.75) is 0 Å². The highest BCUT2D eigenvalue weighted by molar-refractivity contribution is 5.93. The van der Waals surface area contributed by atoms with Gasteiger partial charge in [-0.05, 0) is 12.1 Å². The van der Waals surface area contributed by atoms with E-state index < -0.39 is 18.5 Å². The van der Waals surface area contributed by atoms with E-state index in [4.69, 9.17) is 14.6 Å². The Labute approximate surface area is 97.7 Å². The number of carboxylic acids is 1. The zero-order valence-electron chi connectivity index (χ0n) is 9.43. The number of hydrogen-bond acceptors (Lipinski definition) is 5. The SMILES string of the molecule is COc1ccc(C(=O)OCC(=O)O)c(OC)c1. The Bertz CT molecular complexity index is 426. The summed E-state index contributed by atoms with van der Waals surface area (Å²) in [5.41, 5.74) is 0.148. The number of esters is 1. The van der Waals surface area contributed by atoms with E-state index in [2.05, 4.69) is 4.74 Å². The van der Waals surface area contributed by atoms with Gasteiger partial charge < -0.3 is 19.3 Å². The van der Waals surface area contributed by atoms with Crippen LogP contribution in [0.25, 0.3) is 0 Å². The minimum Gasteiger partial charge on any atom is -0.497 e. The summed E-state index contributed by atoms with van der Waals surface area (Å²) in [6, 6.07) is 4.51. The second-order valence-corrected chi connectivity index (χ2v) is 3.04. The molecule has 0 atom stereocenters. The highest BCUT2D eigenvalue weighted by Crippen LogP contribution is 2.25. The van der Waals surface area contributed by atoms with E-state index >= 15 is 0 Å². The van der Waals surface area contributed by atoms with Crippen LogP contribution in [-0.4, -0.2) is 37.9 Å². The molecule has 1 rings (SSSR count). The maximum Gasteiger partial charge on any atom is 0.342 e. The van der Waals surface area contributed by atoms with Gasteiger partial charge in [-0.3, -0.25) is 0 Å². The van der Waals surface area contributed by atoms with Crippen molar-refractivity contribution >= 4 is 11.9 Å². The normalized spacial score (nSPS) is 9.53. The fourth-order valence-electron chi connectivity index (χ4n) is 1.17. The predicted molar refractivity (Wildman–Crippen MR) is 57.5 cm³/mol. The number of carboxylic acid groups (broad SMARTS) is 1. The molecule has 1 N–H and O–H groups in total. The number of aliphatic carboxylic acids is 1. The summed E-state index contributed by atoms with van der Waals surface area (Å²) in [7, 11) is 2.87. The third kappa shape index (κ3) is 3.37. The van der Waals surface area contributed by atoms with Crippen molar-refractivity contribution in [3.8, 4) is 11.5 Å². The molecular formula is C11H12O6. The van der Waals surface area contributed by atoms with Crippen LogP contribution in [0, 0.1) is 0 Å². The van der Waals surface area contributed by atoms with E-state index in [1.54, 1.807) is 6.07 Å². The van der Waals surface area contributed by atoms with Gasteiger partial charge in [0.25, 0.3) is 0 Å². The Balaban J connectivity index is 2.89. The van der Waals surface area contributed by atoms with Crippen LogP contribution in [-0.2, 0) is 9.53 Å². The molecular weight excluding hydrogens is 228 g/mol. The number of benzene rings is 1. The van der Waals surface area contributed by atoms with Crippen LogP contribution in [0.4, 0.5) is 0 Å². The van der Waals surface area contributed by atoms with Crippen molar-refractivity contribution in [1.82, 2.24) is 0 Å². The van der Waals surface area contributed by atoms with E-state index in [-0.39, 0.29) is 11.3 Å². The van der Waals surface area contributed by atoms with Gasteiger partial charge in [0.15, 0.2) is 6.61 Å². The number of rotatable bonds is 5. The molecule has 0 aromatic heterocycles. The van der Waals surface area contributed by atoms with E-state index in [0.717, 1.165) is 0 Å². The quantitative estimate of drug-likeness (QED) is 0.771. The summed E-state index contributed by atoms with van der Waals surface area (Å²) in [5.74, 6) is -1.19. The second-order valence-electron chi connectivity index (χ2n) is 3.04. The molecule has 6 heteroatoms. The fraction of sp³-hybridized carbons (Fsp3) is 0.273. The molecule has 92 valence electrons. The van der Waals surface area contributed by atoms with Gasteiger partial charge in [0.05, 0.1) is 14.2 Å². The highest BCUT2D eigenvalue weighted by Gasteiger charge is 2.15. The Hall–Kier alpha value is -2.24. The molecule has 0 aliphatic heterocycles. The van der Waals surface area contributed by atoms with Crippen LogP contribution >= 0.6 is 0 Å². The van der Waals surface area contributed by atoms with E-state index in [9.17, 15) is 9.59 Å². The summed E-state index contributed by atoms with van der Waals surface area (Å²) in [6.07, 6.45) is 0. The fourth-order valence-corrected chi connectivity index (χ4v) is 1.17. The molecule has 0 unspecified atom stereocenters. The van der Waals surface area contributed by atoms with Gasteiger partial charge in [-0.15, -0.1) is 0 Å². The van der Waals surface area contributed by atoms with Gasteiger partial charge in [-0.2, -0.15) is 0 Å². The van der Waals surface area contributed by atoms with Gasteiger partial charge in [0, 0.05) is 6.07 Å². The van der Waals surface area contributed by atoms with Crippen molar-refractivity contribution in [2.75, 3.05) is 20.8 Å². The first-order valence-electron chi connectivity index (χ1n) is 4.69. The molecule has 0 saturated carbocycles. The molecule has 0 fully saturated rings. The lowest BCUT2D eigenvalue weighted by Gasteiger charge is -2.09. The molecule has 0 amide bonds. The zero-order chi connectivity index (χ0) is 12.8. The molecule has 1 aromatic rings. The lowest BCUT2D eigenvalue weighted by Crippen LogP contribution is -2.13. The Morgan fingerprint density at radius 3 is 2.47 bits per heavy atom. The topological polar surface area (TPSA) is 82.1 Å². The smallest absolute Gasteiger partial charge is 0.342 e. The van der Waals surface area contributed by atoms with Crippen molar-refractivity contribution < 1.29 is 28.9 Å². The van der Waals surface area contributed by atoms with Crippen molar-refractivity contribution in [3.63, 3.8) is 0 Å². The average Bonchev–Trinajstić information content (AvgIpc) is 2.34. The average molecular weight is 240 g/mol. The summed E-state index contributed by atoms with van der Waals surface area (Å²) in [6.45, 7) is -0.686. The molecule has 0 spiro atoms. The van der Waals surface area contributed by atoms with Crippen LogP contribution in [0.1, 0.15) is 10.4 Å². The number of carbonyl (C=O) groups is 2. The largest absolute Gasteiger partial charge is 0.497 e. The number of carbonyl (C=O) groups excluding carboxylic acids is 1. The van der Waals surface area contributed by atoms with Gasteiger partial charge >= 0.3 is 11.9 Å². The van der Waals surface area contributed by atoms with E-state index in [0.29, 0.717) is 5.75 Å². The van der Waals surface area contributed by atoms with Gasteiger partial charge in [-0.25, -0.2) is 9.59 Å². The van der Waals surface area contributed by atoms with Gasteiger partial charge in [0.1, 0.15) is 17.1 Å². The first kappa shape index (κ1) is 12.8. The number of methoxy groups -OCH3 is 2. The first-order chi connectivity index (χ1) is 8.08. The van der Waals surface area contributed by atoms with Crippen LogP contribution in [0.2, 0.25) is 0 Å². The van der Waals surface area contributed by atoms with Crippen LogP contribution in [0.15, 0.2) is 18.2 Å². The summed E-state index contributed by atoms with van der Waals surface area (Å²) in [4.78, 5) is 21.8. The minimum absolute atomic E-state index is 0.148. The number of hydrogen-bond donors (Lipinski definition) is 1. The van der Waals surface area contributed by atoms with Gasteiger partial charge in [-0.1, -0.05) is 0 Å². The first-order valence-corrected chi connectivity index (χ1v) is 4.69. The maximum atomic E-state index is 11.5. The van der Waals surface area contributed by atoms with Crippen molar-refractivity contribution in [3.05, 3.63) is 23.8 Å². The Morgan fingerprint density at radius 2 is 1.94 bits per heavy atom. The van der Waals surface area contributed by atoms with E-state index in [1.807, 2.05) is 0 Å². The van der Waals surface area contributed by atoms with Crippen molar-refractivity contribution in [1.29, 1.82) is 0 Å². The van der Waals surface area contributed by atoms with E-state index in [1.165, 1.54) is 26.4 Å².